The van der Waals surface area contributed by atoms with E-state index in [4.69, 9.17) is 4.74 Å². The molecule has 1 rings (SSSR count). The van der Waals surface area contributed by atoms with E-state index < -0.39 is 6.29 Å². The first-order valence-electron chi connectivity index (χ1n) is 4.37. The highest BCUT2D eigenvalue weighted by atomic mass is 16.6. The molecule has 0 aromatic rings. The zero-order valence-corrected chi connectivity index (χ0v) is 7.74. The van der Waals surface area contributed by atoms with Gasteiger partial charge in [0.15, 0.2) is 6.29 Å². The number of aliphatic hydroxyl groups is 1. The van der Waals surface area contributed by atoms with Crippen molar-refractivity contribution in [1.82, 2.24) is 0 Å². The molecule has 0 bridgehead atoms. The zero-order valence-electron chi connectivity index (χ0n) is 7.74. The molecule has 0 spiro atoms. The summed E-state index contributed by atoms with van der Waals surface area (Å²) in [5.74, 6) is 1.36. The molecular weight excluding hydrogens is 140 g/mol. The highest BCUT2D eigenvalue weighted by Gasteiger charge is 2.35. The molecule has 1 heterocycles. The first-order chi connectivity index (χ1) is 5.04. The molecule has 0 aliphatic carbocycles. The fourth-order valence-corrected chi connectivity index (χ4v) is 1.63. The third-order valence-corrected chi connectivity index (χ3v) is 3.20. The van der Waals surface area contributed by atoms with E-state index >= 15 is 0 Å². The summed E-state index contributed by atoms with van der Waals surface area (Å²) in [6.45, 7) is 8.42. The summed E-state index contributed by atoms with van der Waals surface area (Å²) in [6, 6.07) is 0. The Morgan fingerprint density at radius 3 is 2.00 bits per heavy atom. The first-order valence-corrected chi connectivity index (χ1v) is 4.37. The molecular formula is C9H18O2. The second-order valence-electron chi connectivity index (χ2n) is 3.81. The summed E-state index contributed by atoms with van der Waals surface area (Å²) in [4.78, 5) is 0. The van der Waals surface area contributed by atoms with Crippen molar-refractivity contribution in [2.75, 3.05) is 0 Å². The van der Waals surface area contributed by atoms with Gasteiger partial charge in [-0.05, 0) is 18.8 Å². The van der Waals surface area contributed by atoms with Gasteiger partial charge in [-0.25, -0.2) is 0 Å². The molecule has 0 unspecified atom stereocenters. The largest absolute Gasteiger partial charge is 0.368 e. The number of rotatable bonds is 0. The number of hydrogen-bond acceptors (Lipinski definition) is 2. The van der Waals surface area contributed by atoms with Gasteiger partial charge in [0.25, 0.3) is 0 Å². The van der Waals surface area contributed by atoms with Gasteiger partial charge in [0, 0.05) is 5.92 Å². The van der Waals surface area contributed by atoms with Gasteiger partial charge in [0.1, 0.15) is 0 Å². The van der Waals surface area contributed by atoms with Gasteiger partial charge >= 0.3 is 0 Å². The van der Waals surface area contributed by atoms with E-state index in [1.165, 1.54) is 0 Å². The Labute approximate surface area is 68.6 Å². The first kappa shape index (κ1) is 9.01. The zero-order chi connectivity index (χ0) is 8.59. The number of aliphatic hydroxyl groups excluding tert-OH is 1. The van der Waals surface area contributed by atoms with Crippen LogP contribution in [-0.4, -0.2) is 17.5 Å². The van der Waals surface area contributed by atoms with Gasteiger partial charge in [-0.2, -0.15) is 0 Å². The normalized spacial score (nSPS) is 52.6. The average Bonchev–Trinajstić information content (AvgIpc) is 1.97. The van der Waals surface area contributed by atoms with E-state index in [9.17, 15) is 5.11 Å². The smallest absolute Gasteiger partial charge is 0.157 e. The minimum atomic E-state index is -0.559. The van der Waals surface area contributed by atoms with Crippen molar-refractivity contribution in [3.63, 3.8) is 0 Å². The summed E-state index contributed by atoms with van der Waals surface area (Å²) in [7, 11) is 0. The summed E-state index contributed by atoms with van der Waals surface area (Å²) in [6.07, 6.45) is -0.368. The van der Waals surface area contributed by atoms with Crippen LogP contribution < -0.4 is 0 Å². The quantitative estimate of drug-likeness (QED) is 0.580. The van der Waals surface area contributed by atoms with Crippen LogP contribution in [0.5, 0.6) is 0 Å². The van der Waals surface area contributed by atoms with Gasteiger partial charge in [-0.15, -0.1) is 0 Å². The molecule has 1 saturated heterocycles. The SMILES string of the molecule is C[C@@H]1[C@@H](C)[C@H](C)O[C@H](O)[C@H]1C. The van der Waals surface area contributed by atoms with E-state index in [0.29, 0.717) is 11.8 Å². The Morgan fingerprint density at radius 1 is 0.909 bits per heavy atom. The lowest BCUT2D eigenvalue weighted by molar-refractivity contribution is -0.219. The van der Waals surface area contributed by atoms with Crippen LogP contribution in [0, 0.1) is 17.8 Å². The van der Waals surface area contributed by atoms with Gasteiger partial charge < -0.3 is 9.84 Å². The fraction of sp³-hybridized carbons (Fsp3) is 1.00. The molecule has 1 fully saturated rings. The molecule has 0 aromatic heterocycles. The van der Waals surface area contributed by atoms with Crippen LogP contribution in [0.4, 0.5) is 0 Å². The maximum atomic E-state index is 9.41. The number of hydrogen-bond donors (Lipinski definition) is 1. The minimum Gasteiger partial charge on any atom is -0.368 e. The van der Waals surface area contributed by atoms with E-state index in [1.54, 1.807) is 0 Å². The number of ether oxygens (including phenoxy) is 1. The van der Waals surface area contributed by atoms with E-state index in [0.717, 1.165) is 0 Å². The fourth-order valence-electron chi connectivity index (χ4n) is 1.63. The second-order valence-corrected chi connectivity index (χ2v) is 3.81. The molecule has 0 saturated carbocycles. The van der Waals surface area contributed by atoms with Crippen molar-refractivity contribution in [2.24, 2.45) is 17.8 Å². The Morgan fingerprint density at radius 2 is 1.45 bits per heavy atom. The summed E-state index contributed by atoms with van der Waals surface area (Å²) in [5, 5.41) is 9.41. The van der Waals surface area contributed by atoms with Crippen LogP contribution in [-0.2, 0) is 4.74 Å². The Bertz CT molecular complexity index is 122. The minimum absolute atomic E-state index is 0.191. The Kier molecular flexibility index (Phi) is 2.55. The van der Waals surface area contributed by atoms with Crippen LogP contribution in [0.25, 0.3) is 0 Å². The van der Waals surface area contributed by atoms with Crippen molar-refractivity contribution in [2.45, 2.75) is 40.1 Å². The van der Waals surface area contributed by atoms with Crippen LogP contribution in [0.1, 0.15) is 27.7 Å². The molecule has 2 nitrogen and oxygen atoms in total. The monoisotopic (exact) mass is 158 g/mol. The molecule has 2 heteroatoms. The molecule has 1 N–H and O–H groups in total. The van der Waals surface area contributed by atoms with Crippen molar-refractivity contribution in [1.29, 1.82) is 0 Å². The summed E-state index contributed by atoms with van der Waals surface area (Å²) >= 11 is 0. The predicted octanol–water partition coefficient (Wildman–Crippen LogP) is 1.63. The molecule has 5 atom stereocenters. The van der Waals surface area contributed by atoms with Crippen molar-refractivity contribution < 1.29 is 9.84 Å². The van der Waals surface area contributed by atoms with E-state index in [2.05, 4.69) is 13.8 Å². The van der Waals surface area contributed by atoms with Gasteiger partial charge in [-0.1, -0.05) is 20.8 Å². The lowest BCUT2D eigenvalue weighted by atomic mass is 9.79. The van der Waals surface area contributed by atoms with Crippen molar-refractivity contribution >= 4 is 0 Å². The van der Waals surface area contributed by atoms with Crippen molar-refractivity contribution in [3.05, 3.63) is 0 Å². The lowest BCUT2D eigenvalue weighted by Gasteiger charge is -2.40. The Balaban J connectivity index is 2.63. The molecule has 1 aliphatic rings. The third-order valence-electron chi connectivity index (χ3n) is 3.20. The van der Waals surface area contributed by atoms with Crippen LogP contribution >= 0.6 is 0 Å². The maximum Gasteiger partial charge on any atom is 0.157 e. The molecule has 0 radical (unpaired) electrons. The van der Waals surface area contributed by atoms with Gasteiger partial charge in [0.05, 0.1) is 6.10 Å². The molecule has 0 aromatic carbocycles. The molecule has 66 valence electrons. The third kappa shape index (κ3) is 1.57. The summed E-state index contributed by atoms with van der Waals surface area (Å²) < 4.78 is 5.34. The average molecular weight is 158 g/mol. The molecule has 1 aliphatic heterocycles. The lowest BCUT2D eigenvalue weighted by Crippen LogP contribution is -2.43. The summed E-state index contributed by atoms with van der Waals surface area (Å²) in [5.41, 5.74) is 0. The van der Waals surface area contributed by atoms with E-state index in [1.807, 2.05) is 13.8 Å². The van der Waals surface area contributed by atoms with Gasteiger partial charge in [-0.3, -0.25) is 0 Å². The van der Waals surface area contributed by atoms with Crippen molar-refractivity contribution in [3.8, 4) is 0 Å². The second kappa shape index (κ2) is 3.11. The van der Waals surface area contributed by atoms with Crippen LogP contribution in [0.2, 0.25) is 0 Å². The molecule has 11 heavy (non-hydrogen) atoms. The van der Waals surface area contributed by atoms with Crippen LogP contribution in [0.3, 0.4) is 0 Å². The maximum absolute atomic E-state index is 9.41. The van der Waals surface area contributed by atoms with Crippen LogP contribution in [0.15, 0.2) is 0 Å². The van der Waals surface area contributed by atoms with E-state index in [-0.39, 0.29) is 12.0 Å². The highest BCUT2D eigenvalue weighted by molar-refractivity contribution is 4.79. The van der Waals surface area contributed by atoms with Gasteiger partial charge in [0.2, 0.25) is 0 Å². The topological polar surface area (TPSA) is 29.5 Å². The predicted molar refractivity (Wildman–Crippen MR) is 44.0 cm³/mol. The molecule has 0 amide bonds. The highest BCUT2D eigenvalue weighted by Crippen LogP contribution is 2.33. The standard InChI is InChI=1S/C9H18O2/c1-5-6(2)8(4)11-9(10)7(5)3/h5-10H,1-4H3/t5-,6-,7+,8+,9+/m1/s1. The Hall–Kier alpha value is -0.0800.